The molecule has 0 aliphatic heterocycles. The summed E-state index contributed by atoms with van der Waals surface area (Å²) in [5, 5.41) is 7.71. The second-order valence-corrected chi connectivity index (χ2v) is 3.40. The SMILES string of the molecule is Cc1c(C=O)nnn1C1CC1C. The average Bonchev–Trinajstić information content (AvgIpc) is 2.63. The molecule has 0 spiro atoms. The standard InChI is InChI=1S/C8H11N3O/c1-5-3-8(5)11-6(2)7(4-12)9-10-11/h4-5,8H,3H2,1-2H3. The van der Waals surface area contributed by atoms with Crippen molar-refractivity contribution in [3.63, 3.8) is 0 Å². The summed E-state index contributed by atoms with van der Waals surface area (Å²) in [6.45, 7) is 4.06. The molecular formula is C8H11N3O. The van der Waals surface area contributed by atoms with Gasteiger partial charge < -0.3 is 0 Å². The number of carbonyl (C=O) groups excluding carboxylic acids is 1. The van der Waals surface area contributed by atoms with Crippen LogP contribution in [0.4, 0.5) is 0 Å². The minimum absolute atomic E-state index is 0.467. The van der Waals surface area contributed by atoms with Gasteiger partial charge in [-0.1, -0.05) is 12.1 Å². The van der Waals surface area contributed by atoms with Crippen LogP contribution in [0.3, 0.4) is 0 Å². The van der Waals surface area contributed by atoms with E-state index in [2.05, 4.69) is 17.2 Å². The van der Waals surface area contributed by atoms with Crippen molar-refractivity contribution in [2.24, 2.45) is 5.92 Å². The molecule has 0 radical (unpaired) electrons. The molecule has 64 valence electrons. The Labute approximate surface area is 70.6 Å². The Hall–Kier alpha value is -1.19. The molecule has 0 aromatic carbocycles. The third-order valence-electron chi connectivity index (χ3n) is 2.46. The third-order valence-corrected chi connectivity index (χ3v) is 2.46. The number of nitrogens with zero attached hydrogens (tertiary/aromatic N) is 3. The van der Waals surface area contributed by atoms with Gasteiger partial charge in [0.1, 0.15) is 5.69 Å². The highest BCUT2D eigenvalue weighted by molar-refractivity contribution is 5.72. The first-order valence-corrected chi connectivity index (χ1v) is 4.11. The summed E-state index contributed by atoms with van der Waals surface area (Å²) in [7, 11) is 0. The van der Waals surface area contributed by atoms with E-state index in [1.807, 2.05) is 11.6 Å². The zero-order chi connectivity index (χ0) is 8.72. The number of carbonyl (C=O) groups is 1. The Morgan fingerprint density at radius 2 is 2.33 bits per heavy atom. The lowest BCUT2D eigenvalue weighted by Gasteiger charge is -1.98. The van der Waals surface area contributed by atoms with Crippen molar-refractivity contribution in [1.29, 1.82) is 0 Å². The van der Waals surface area contributed by atoms with Gasteiger partial charge >= 0.3 is 0 Å². The summed E-state index contributed by atoms with van der Waals surface area (Å²) < 4.78 is 1.86. The van der Waals surface area contributed by atoms with Gasteiger partial charge in [0.05, 0.1) is 11.7 Å². The van der Waals surface area contributed by atoms with Gasteiger partial charge in [0.15, 0.2) is 6.29 Å². The largest absolute Gasteiger partial charge is 0.296 e. The topological polar surface area (TPSA) is 47.8 Å². The fourth-order valence-corrected chi connectivity index (χ4v) is 1.42. The van der Waals surface area contributed by atoms with Crippen molar-refractivity contribution in [2.45, 2.75) is 26.3 Å². The average molecular weight is 165 g/mol. The molecule has 1 aromatic heterocycles. The van der Waals surface area contributed by atoms with Crippen LogP contribution < -0.4 is 0 Å². The Balaban J connectivity index is 2.33. The molecule has 1 fully saturated rings. The molecule has 1 heterocycles. The summed E-state index contributed by atoms with van der Waals surface area (Å²) >= 11 is 0. The molecule has 2 rings (SSSR count). The molecule has 1 aliphatic rings. The van der Waals surface area contributed by atoms with E-state index in [9.17, 15) is 4.79 Å². The molecule has 0 bridgehead atoms. The molecule has 4 nitrogen and oxygen atoms in total. The molecule has 0 saturated heterocycles. The van der Waals surface area contributed by atoms with E-state index in [-0.39, 0.29) is 0 Å². The second kappa shape index (κ2) is 2.40. The highest BCUT2D eigenvalue weighted by atomic mass is 16.1. The number of rotatable bonds is 2. The molecule has 12 heavy (non-hydrogen) atoms. The molecular weight excluding hydrogens is 154 g/mol. The Kier molecular flexibility index (Phi) is 1.49. The van der Waals surface area contributed by atoms with E-state index in [0.717, 1.165) is 18.4 Å². The fourth-order valence-electron chi connectivity index (χ4n) is 1.42. The van der Waals surface area contributed by atoms with Gasteiger partial charge in [0, 0.05) is 0 Å². The number of aldehydes is 1. The summed E-state index contributed by atoms with van der Waals surface area (Å²) in [6.07, 6.45) is 1.91. The first-order chi connectivity index (χ1) is 5.74. The number of hydrogen-bond acceptors (Lipinski definition) is 3. The Morgan fingerprint density at radius 1 is 1.67 bits per heavy atom. The van der Waals surface area contributed by atoms with Crippen LogP contribution in [0.5, 0.6) is 0 Å². The lowest BCUT2D eigenvalue weighted by Crippen LogP contribution is -2.00. The monoisotopic (exact) mass is 165 g/mol. The van der Waals surface area contributed by atoms with E-state index in [1.165, 1.54) is 0 Å². The third kappa shape index (κ3) is 0.948. The summed E-state index contributed by atoms with van der Waals surface area (Å²) in [4.78, 5) is 10.4. The van der Waals surface area contributed by atoms with Gasteiger partial charge in [0.2, 0.25) is 0 Å². The number of hydrogen-bond donors (Lipinski definition) is 0. The summed E-state index contributed by atoms with van der Waals surface area (Å²) in [5.74, 6) is 0.685. The molecule has 1 saturated carbocycles. The molecule has 4 heteroatoms. The van der Waals surface area contributed by atoms with E-state index in [0.29, 0.717) is 17.7 Å². The normalized spacial score (nSPS) is 27.2. The van der Waals surface area contributed by atoms with Crippen LogP contribution in [0.2, 0.25) is 0 Å². The van der Waals surface area contributed by atoms with Crippen molar-refractivity contribution in [1.82, 2.24) is 15.0 Å². The smallest absolute Gasteiger partial charge is 0.172 e. The molecule has 0 amide bonds. The van der Waals surface area contributed by atoms with Crippen LogP contribution >= 0.6 is 0 Å². The maximum atomic E-state index is 10.4. The fraction of sp³-hybridized carbons (Fsp3) is 0.625. The van der Waals surface area contributed by atoms with Crippen molar-refractivity contribution in [2.75, 3.05) is 0 Å². The van der Waals surface area contributed by atoms with Crippen molar-refractivity contribution in [3.8, 4) is 0 Å². The Morgan fingerprint density at radius 3 is 2.75 bits per heavy atom. The van der Waals surface area contributed by atoms with Crippen LogP contribution in [-0.2, 0) is 0 Å². The molecule has 0 N–H and O–H groups in total. The van der Waals surface area contributed by atoms with Gasteiger partial charge in [-0.2, -0.15) is 0 Å². The summed E-state index contributed by atoms with van der Waals surface area (Å²) in [6, 6.07) is 0.478. The highest BCUT2D eigenvalue weighted by Gasteiger charge is 2.36. The summed E-state index contributed by atoms with van der Waals surface area (Å²) in [5.41, 5.74) is 1.36. The van der Waals surface area contributed by atoms with E-state index in [1.54, 1.807) is 0 Å². The minimum atomic E-state index is 0.467. The van der Waals surface area contributed by atoms with Gasteiger partial charge in [-0.15, -0.1) is 5.10 Å². The first-order valence-electron chi connectivity index (χ1n) is 4.11. The van der Waals surface area contributed by atoms with Crippen LogP contribution in [0, 0.1) is 12.8 Å². The maximum absolute atomic E-state index is 10.4. The first kappa shape index (κ1) is 7.46. The van der Waals surface area contributed by atoms with Crippen molar-refractivity contribution in [3.05, 3.63) is 11.4 Å². The van der Waals surface area contributed by atoms with Crippen LogP contribution in [0.15, 0.2) is 0 Å². The van der Waals surface area contributed by atoms with Crippen molar-refractivity contribution < 1.29 is 4.79 Å². The van der Waals surface area contributed by atoms with Gasteiger partial charge in [-0.05, 0) is 19.3 Å². The van der Waals surface area contributed by atoms with E-state index in [4.69, 9.17) is 0 Å². The van der Waals surface area contributed by atoms with Gasteiger partial charge in [-0.25, -0.2) is 4.68 Å². The lowest BCUT2D eigenvalue weighted by atomic mass is 10.3. The highest BCUT2D eigenvalue weighted by Crippen LogP contribution is 2.42. The molecule has 2 unspecified atom stereocenters. The zero-order valence-corrected chi connectivity index (χ0v) is 7.19. The maximum Gasteiger partial charge on any atom is 0.172 e. The molecule has 2 atom stereocenters. The molecule has 1 aliphatic carbocycles. The lowest BCUT2D eigenvalue weighted by molar-refractivity contribution is 0.111. The van der Waals surface area contributed by atoms with E-state index < -0.39 is 0 Å². The minimum Gasteiger partial charge on any atom is -0.296 e. The van der Waals surface area contributed by atoms with Crippen molar-refractivity contribution >= 4 is 6.29 Å². The van der Waals surface area contributed by atoms with Crippen LogP contribution in [0.1, 0.15) is 35.6 Å². The van der Waals surface area contributed by atoms with Gasteiger partial charge in [-0.3, -0.25) is 4.79 Å². The number of aromatic nitrogens is 3. The van der Waals surface area contributed by atoms with Crippen LogP contribution in [0.25, 0.3) is 0 Å². The van der Waals surface area contributed by atoms with Crippen LogP contribution in [-0.4, -0.2) is 21.3 Å². The molecule has 1 aromatic rings. The zero-order valence-electron chi connectivity index (χ0n) is 7.19. The Bertz CT molecular complexity index is 318. The predicted molar refractivity (Wildman–Crippen MR) is 43.0 cm³/mol. The van der Waals surface area contributed by atoms with Gasteiger partial charge in [0.25, 0.3) is 0 Å². The van der Waals surface area contributed by atoms with E-state index >= 15 is 0 Å². The predicted octanol–water partition coefficient (Wildman–Crippen LogP) is 0.980. The quantitative estimate of drug-likeness (QED) is 0.614. The second-order valence-electron chi connectivity index (χ2n) is 3.40.